The summed E-state index contributed by atoms with van der Waals surface area (Å²) in [6.45, 7) is 9.98. The number of carbonyl (C=O) groups is 2. The number of halogens is 1. The van der Waals surface area contributed by atoms with Gasteiger partial charge in [-0.1, -0.05) is 25.7 Å². The van der Waals surface area contributed by atoms with Gasteiger partial charge >= 0.3 is 5.43 Å². The Morgan fingerprint density at radius 3 is 1.82 bits per heavy atom. The van der Waals surface area contributed by atoms with E-state index in [4.69, 9.17) is 21.5 Å². The third-order valence-corrected chi connectivity index (χ3v) is 3.46. The van der Waals surface area contributed by atoms with E-state index >= 15 is 0 Å². The third kappa shape index (κ3) is 17.2. The lowest BCUT2D eigenvalue weighted by Crippen LogP contribution is -2.37. The molecule has 0 radical (unpaired) electrons. The Kier molecular flexibility index (Phi) is 17.7. The van der Waals surface area contributed by atoms with Crippen LogP contribution in [0.2, 0.25) is 0 Å². The fourth-order valence-corrected chi connectivity index (χ4v) is 1.99. The fraction of sp³-hybridized carbons (Fsp3) is 0.875. The minimum Gasteiger partial charge on any atom is -0.483 e. The number of ether oxygens (including phenoxy) is 1. The molecular weight excluding hydrogens is 306 g/mol. The first-order chi connectivity index (χ1) is 10.4. The molecule has 1 fully saturated rings. The van der Waals surface area contributed by atoms with Crippen molar-refractivity contribution in [1.29, 1.82) is 0 Å². The number of carboxylic acid groups (broad SMARTS) is 1. The van der Waals surface area contributed by atoms with Gasteiger partial charge < -0.3 is 9.84 Å². The second-order valence-electron chi connectivity index (χ2n) is 5.74. The molecule has 0 aromatic carbocycles. The Balaban J connectivity index is 0. The molecular formula is C16H32ClNO4. The summed E-state index contributed by atoms with van der Waals surface area (Å²) in [6, 6.07) is 1.11. The predicted octanol–water partition coefficient (Wildman–Crippen LogP) is 4.52. The summed E-state index contributed by atoms with van der Waals surface area (Å²) in [6.07, 6.45) is 7.90. The Labute approximate surface area is 140 Å². The predicted molar refractivity (Wildman–Crippen MR) is 90.6 cm³/mol. The van der Waals surface area contributed by atoms with Crippen LogP contribution in [-0.4, -0.2) is 47.1 Å². The van der Waals surface area contributed by atoms with E-state index in [1.165, 1.54) is 25.7 Å². The van der Waals surface area contributed by atoms with Gasteiger partial charge in [0, 0.05) is 23.7 Å². The summed E-state index contributed by atoms with van der Waals surface area (Å²) in [5.41, 5.74) is -0.709. The smallest absolute Gasteiger partial charge is 0.403 e. The van der Waals surface area contributed by atoms with E-state index in [0.717, 1.165) is 19.4 Å². The van der Waals surface area contributed by atoms with Gasteiger partial charge in [0.1, 0.15) is 0 Å². The van der Waals surface area contributed by atoms with Crippen LogP contribution >= 0.6 is 11.6 Å². The first-order valence-electron chi connectivity index (χ1n) is 8.02. The van der Waals surface area contributed by atoms with Gasteiger partial charge in [-0.2, -0.15) is 0 Å². The van der Waals surface area contributed by atoms with Gasteiger partial charge in [0.15, 0.2) is 0 Å². The van der Waals surface area contributed by atoms with Crippen molar-refractivity contribution in [2.75, 3.05) is 13.2 Å². The van der Waals surface area contributed by atoms with E-state index in [1.54, 1.807) is 0 Å². The van der Waals surface area contributed by atoms with Crippen molar-refractivity contribution in [3.8, 4) is 0 Å². The molecule has 0 amide bonds. The van der Waals surface area contributed by atoms with Gasteiger partial charge in [0.05, 0.1) is 6.61 Å². The van der Waals surface area contributed by atoms with Crippen LogP contribution in [0.3, 0.4) is 0 Å². The van der Waals surface area contributed by atoms with Crippen molar-refractivity contribution >= 4 is 23.5 Å². The van der Waals surface area contributed by atoms with Gasteiger partial charge in [-0.15, -0.1) is 0 Å². The molecule has 6 heteroatoms. The van der Waals surface area contributed by atoms with Crippen molar-refractivity contribution in [1.82, 2.24) is 4.90 Å². The number of hydrogen-bond donors (Lipinski definition) is 1. The number of nitrogens with zero attached hydrogens (tertiary/aromatic N) is 1. The highest BCUT2D eigenvalue weighted by molar-refractivity contribution is 6.61. The molecule has 0 spiro atoms. The molecule has 0 aromatic heterocycles. The lowest BCUT2D eigenvalue weighted by molar-refractivity contribution is -0.122. The van der Waals surface area contributed by atoms with Crippen molar-refractivity contribution < 1.29 is 19.4 Å². The average molecular weight is 338 g/mol. The van der Waals surface area contributed by atoms with E-state index in [0.29, 0.717) is 18.7 Å². The summed E-state index contributed by atoms with van der Waals surface area (Å²) in [5.74, 6) is 0. The van der Waals surface area contributed by atoms with Crippen molar-refractivity contribution in [2.24, 2.45) is 0 Å². The zero-order chi connectivity index (χ0) is 17.4. The molecule has 1 saturated carbocycles. The van der Waals surface area contributed by atoms with Crippen LogP contribution in [0, 0.1) is 0 Å². The van der Waals surface area contributed by atoms with Crippen LogP contribution in [0.5, 0.6) is 0 Å². The number of hydrogen-bond acceptors (Lipinski definition) is 4. The maximum Gasteiger partial charge on any atom is 0.403 e. The number of carbonyl (C=O) groups excluding carboxylic acids is 1. The Morgan fingerprint density at radius 1 is 1.14 bits per heavy atom. The molecule has 1 aliphatic rings. The first kappa shape index (κ1) is 23.5. The maximum absolute atomic E-state index is 10.3. The topological polar surface area (TPSA) is 66.8 Å². The van der Waals surface area contributed by atoms with Crippen LogP contribution in [0.15, 0.2) is 0 Å². The van der Waals surface area contributed by atoms with Gasteiger partial charge in [-0.25, -0.2) is 4.79 Å². The monoisotopic (exact) mass is 337 g/mol. The SMILES string of the molecule is C1CCC1.CC(C)N(CCCCOC(=O)Cl)C(C)C.O=CO. The van der Waals surface area contributed by atoms with E-state index in [1.807, 2.05) is 0 Å². The zero-order valence-electron chi connectivity index (χ0n) is 14.4. The van der Waals surface area contributed by atoms with Crippen LogP contribution < -0.4 is 0 Å². The Bertz CT molecular complexity index is 257. The molecule has 22 heavy (non-hydrogen) atoms. The third-order valence-electron chi connectivity index (χ3n) is 3.35. The normalized spacial score (nSPS) is 12.7. The lowest BCUT2D eigenvalue weighted by Gasteiger charge is -2.30. The molecule has 0 saturated heterocycles. The summed E-state index contributed by atoms with van der Waals surface area (Å²) in [4.78, 5) is 21.1. The Hall–Kier alpha value is -0.810. The van der Waals surface area contributed by atoms with Crippen molar-refractivity contribution in [3.63, 3.8) is 0 Å². The molecule has 0 heterocycles. The highest BCUT2D eigenvalue weighted by Crippen LogP contribution is 2.15. The van der Waals surface area contributed by atoms with Crippen LogP contribution in [0.25, 0.3) is 0 Å². The number of unbranched alkanes of at least 4 members (excludes halogenated alkanes) is 1. The zero-order valence-corrected chi connectivity index (χ0v) is 15.1. The minimum atomic E-state index is -0.709. The van der Waals surface area contributed by atoms with E-state index in [2.05, 4.69) is 37.3 Å². The fourth-order valence-electron chi connectivity index (χ4n) is 1.91. The quantitative estimate of drug-likeness (QED) is 0.420. The Morgan fingerprint density at radius 2 is 1.55 bits per heavy atom. The molecule has 0 aromatic rings. The molecule has 0 unspecified atom stereocenters. The molecule has 1 rings (SSSR count). The van der Waals surface area contributed by atoms with E-state index in [-0.39, 0.29) is 6.47 Å². The molecule has 1 N–H and O–H groups in total. The average Bonchev–Trinajstić information content (AvgIpc) is 2.31. The standard InChI is InChI=1S/C11H22ClNO2.C4H8.CH2O2/c1-9(2)13(10(3)4)7-5-6-8-15-11(12)14;1-2-4-3-1;2-1-3/h9-10H,5-8H2,1-4H3;1-4H2;1H,(H,2,3). The van der Waals surface area contributed by atoms with E-state index < -0.39 is 5.43 Å². The summed E-state index contributed by atoms with van der Waals surface area (Å²) in [7, 11) is 0. The molecule has 132 valence electrons. The molecule has 0 atom stereocenters. The van der Waals surface area contributed by atoms with Crippen LogP contribution in [-0.2, 0) is 9.53 Å². The van der Waals surface area contributed by atoms with Gasteiger partial charge in [0.2, 0.25) is 0 Å². The van der Waals surface area contributed by atoms with Gasteiger partial charge in [0.25, 0.3) is 6.47 Å². The second-order valence-corrected chi connectivity index (χ2v) is 6.05. The maximum atomic E-state index is 10.3. The van der Waals surface area contributed by atoms with E-state index in [9.17, 15) is 4.79 Å². The first-order valence-corrected chi connectivity index (χ1v) is 8.40. The highest BCUT2D eigenvalue weighted by Gasteiger charge is 2.12. The van der Waals surface area contributed by atoms with Gasteiger partial charge in [-0.05, 0) is 47.1 Å². The molecule has 0 aliphatic heterocycles. The lowest BCUT2D eigenvalue weighted by atomic mass is 10.0. The molecule has 0 bridgehead atoms. The van der Waals surface area contributed by atoms with Crippen LogP contribution in [0.1, 0.15) is 66.2 Å². The van der Waals surface area contributed by atoms with Crippen molar-refractivity contribution in [2.45, 2.75) is 78.3 Å². The molecule has 1 aliphatic carbocycles. The molecule has 5 nitrogen and oxygen atoms in total. The van der Waals surface area contributed by atoms with Gasteiger partial charge in [-0.3, -0.25) is 9.69 Å². The largest absolute Gasteiger partial charge is 0.483 e. The summed E-state index contributed by atoms with van der Waals surface area (Å²) in [5, 5.41) is 6.89. The highest BCUT2D eigenvalue weighted by atomic mass is 35.5. The minimum absolute atomic E-state index is 0.250. The summed E-state index contributed by atoms with van der Waals surface area (Å²) < 4.78 is 4.65. The number of rotatable bonds is 7. The second kappa shape index (κ2) is 16.6. The summed E-state index contributed by atoms with van der Waals surface area (Å²) >= 11 is 5.05. The van der Waals surface area contributed by atoms with Crippen LogP contribution in [0.4, 0.5) is 4.79 Å². The van der Waals surface area contributed by atoms with Crippen molar-refractivity contribution in [3.05, 3.63) is 0 Å².